The Hall–Kier alpha value is -2.00. The molecule has 1 aromatic carbocycles. The van der Waals surface area contributed by atoms with Crippen LogP contribution in [0.1, 0.15) is 0 Å². The largest absolute Gasteiger partial charge is 0.463 e. The van der Waals surface area contributed by atoms with Gasteiger partial charge in [0.05, 0.1) is 6.26 Å². The van der Waals surface area contributed by atoms with Crippen molar-refractivity contribution in [2.24, 2.45) is 0 Å². The zero-order valence-electron chi connectivity index (χ0n) is 8.88. The Morgan fingerprint density at radius 1 is 1.12 bits per heavy atom. The van der Waals surface area contributed by atoms with E-state index in [0.29, 0.717) is 0 Å². The molecule has 0 bridgehead atoms. The average Bonchev–Trinajstić information content (AvgIpc) is 3.00. The molecule has 0 saturated carbocycles. The van der Waals surface area contributed by atoms with Crippen LogP contribution in [0, 0.1) is 0 Å². The molecule has 2 aromatic heterocycles. The molecular weight excluding hydrogens is 236 g/mol. The zero-order chi connectivity index (χ0) is 11.7. The van der Waals surface area contributed by atoms with Crippen molar-refractivity contribution in [3.63, 3.8) is 0 Å². The van der Waals surface area contributed by atoms with E-state index >= 15 is 0 Å². The molecule has 0 aliphatic heterocycles. The number of rotatable bonds is 2. The molecule has 3 nitrogen and oxygen atoms in total. The van der Waals surface area contributed by atoms with E-state index in [9.17, 15) is 0 Å². The fourth-order valence-corrected chi connectivity index (χ4v) is 1.75. The van der Waals surface area contributed by atoms with Crippen molar-refractivity contribution in [3.05, 3.63) is 60.2 Å². The monoisotopic (exact) mass is 244 g/mol. The van der Waals surface area contributed by atoms with Gasteiger partial charge < -0.3 is 8.98 Å². The molecule has 0 radical (unpaired) electrons. The van der Waals surface area contributed by atoms with Gasteiger partial charge in [-0.2, -0.15) is 0 Å². The van der Waals surface area contributed by atoms with Gasteiger partial charge in [-0.15, -0.1) is 0 Å². The molecule has 0 amide bonds. The highest BCUT2D eigenvalue weighted by Gasteiger charge is 2.05. The van der Waals surface area contributed by atoms with Crippen molar-refractivity contribution in [3.8, 4) is 17.1 Å². The van der Waals surface area contributed by atoms with Crippen molar-refractivity contribution in [2.45, 2.75) is 0 Å². The third kappa shape index (κ3) is 1.97. The first-order chi connectivity index (χ1) is 8.33. The minimum Gasteiger partial charge on any atom is -0.463 e. The predicted molar refractivity (Wildman–Crippen MR) is 66.3 cm³/mol. The van der Waals surface area contributed by atoms with Crippen LogP contribution >= 0.6 is 11.6 Å². The van der Waals surface area contributed by atoms with Gasteiger partial charge in [0.25, 0.3) is 0 Å². The number of imidazole rings is 1. The van der Waals surface area contributed by atoms with Gasteiger partial charge in [0.1, 0.15) is 12.0 Å². The van der Waals surface area contributed by atoms with Crippen LogP contribution < -0.4 is 0 Å². The topological polar surface area (TPSA) is 31.0 Å². The standard InChI is InChI=1S/C13H9ClN2O/c14-10-3-5-11(6-4-10)16-8-12(15-9-16)13-2-1-7-17-13/h1-9H. The molecule has 0 N–H and O–H groups in total. The zero-order valence-corrected chi connectivity index (χ0v) is 9.63. The molecule has 0 spiro atoms. The van der Waals surface area contributed by atoms with Gasteiger partial charge in [0, 0.05) is 16.9 Å². The van der Waals surface area contributed by atoms with E-state index in [2.05, 4.69) is 4.98 Å². The summed E-state index contributed by atoms with van der Waals surface area (Å²) in [7, 11) is 0. The molecule has 0 fully saturated rings. The summed E-state index contributed by atoms with van der Waals surface area (Å²) in [6.45, 7) is 0. The molecule has 2 heterocycles. The van der Waals surface area contributed by atoms with E-state index in [1.54, 1.807) is 12.6 Å². The van der Waals surface area contributed by atoms with E-state index in [4.69, 9.17) is 16.0 Å². The summed E-state index contributed by atoms with van der Waals surface area (Å²) < 4.78 is 7.22. The molecule has 0 aliphatic rings. The molecule has 0 atom stereocenters. The summed E-state index contributed by atoms with van der Waals surface area (Å²) in [5.41, 5.74) is 1.82. The highest BCUT2D eigenvalue weighted by molar-refractivity contribution is 6.30. The number of furan rings is 1. The van der Waals surface area contributed by atoms with Crippen LogP contribution in [0.5, 0.6) is 0 Å². The van der Waals surface area contributed by atoms with Gasteiger partial charge in [0.2, 0.25) is 0 Å². The molecule has 0 aliphatic carbocycles. The van der Waals surface area contributed by atoms with Gasteiger partial charge in [-0.3, -0.25) is 0 Å². The fourth-order valence-electron chi connectivity index (χ4n) is 1.63. The van der Waals surface area contributed by atoms with Crippen molar-refractivity contribution < 1.29 is 4.42 Å². The van der Waals surface area contributed by atoms with E-state index in [0.717, 1.165) is 22.2 Å². The third-order valence-corrected chi connectivity index (χ3v) is 2.73. The molecule has 0 unspecified atom stereocenters. The first kappa shape index (κ1) is 10.2. The molecule has 17 heavy (non-hydrogen) atoms. The quantitative estimate of drug-likeness (QED) is 0.687. The summed E-state index contributed by atoms with van der Waals surface area (Å²) >= 11 is 5.85. The van der Waals surface area contributed by atoms with Gasteiger partial charge in [-0.25, -0.2) is 4.98 Å². The summed E-state index contributed by atoms with van der Waals surface area (Å²) in [6.07, 6.45) is 5.31. The van der Waals surface area contributed by atoms with E-state index in [-0.39, 0.29) is 0 Å². The van der Waals surface area contributed by atoms with E-state index < -0.39 is 0 Å². The molecule has 84 valence electrons. The Morgan fingerprint density at radius 3 is 2.65 bits per heavy atom. The summed E-state index contributed by atoms with van der Waals surface area (Å²) in [4.78, 5) is 4.29. The van der Waals surface area contributed by atoms with Crippen LogP contribution in [0.15, 0.2) is 59.6 Å². The van der Waals surface area contributed by atoms with Crippen molar-refractivity contribution in [2.75, 3.05) is 0 Å². The summed E-state index contributed by atoms with van der Waals surface area (Å²) in [6, 6.07) is 11.3. The third-order valence-electron chi connectivity index (χ3n) is 2.48. The lowest BCUT2D eigenvalue weighted by Crippen LogP contribution is -1.88. The van der Waals surface area contributed by atoms with Gasteiger partial charge in [0.15, 0.2) is 5.76 Å². The molecular formula is C13H9ClN2O. The molecule has 3 aromatic rings. The van der Waals surface area contributed by atoms with Gasteiger partial charge in [-0.1, -0.05) is 11.6 Å². The maximum absolute atomic E-state index is 5.85. The van der Waals surface area contributed by atoms with Crippen molar-refractivity contribution in [1.82, 2.24) is 9.55 Å². The number of aromatic nitrogens is 2. The Balaban J connectivity index is 1.98. The maximum Gasteiger partial charge on any atom is 0.153 e. The number of nitrogens with zero attached hydrogens (tertiary/aromatic N) is 2. The molecule has 4 heteroatoms. The van der Waals surface area contributed by atoms with Gasteiger partial charge in [-0.05, 0) is 36.4 Å². The van der Waals surface area contributed by atoms with E-state index in [1.807, 2.05) is 47.2 Å². The normalized spacial score (nSPS) is 10.6. The minimum atomic E-state index is 0.722. The number of hydrogen-bond donors (Lipinski definition) is 0. The van der Waals surface area contributed by atoms with E-state index in [1.165, 1.54) is 0 Å². The van der Waals surface area contributed by atoms with Crippen LogP contribution in [0.2, 0.25) is 5.02 Å². The van der Waals surface area contributed by atoms with Crippen molar-refractivity contribution >= 4 is 11.6 Å². The van der Waals surface area contributed by atoms with Crippen LogP contribution in [0.4, 0.5) is 0 Å². The second-order valence-electron chi connectivity index (χ2n) is 3.62. The van der Waals surface area contributed by atoms with Crippen LogP contribution in [0.25, 0.3) is 17.1 Å². The molecule has 3 rings (SSSR count). The maximum atomic E-state index is 5.85. The van der Waals surface area contributed by atoms with Crippen molar-refractivity contribution in [1.29, 1.82) is 0 Å². The smallest absolute Gasteiger partial charge is 0.153 e. The second-order valence-corrected chi connectivity index (χ2v) is 4.06. The lowest BCUT2D eigenvalue weighted by Gasteiger charge is -2.00. The minimum absolute atomic E-state index is 0.722. The SMILES string of the molecule is Clc1ccc(-n2cnc(-c3ccco3)c2)cc1. The Morgan fingerprint density at radius 2 is 1.94 bits per heavy atom. The first-order valence-corrected chi connectivity index (χ1v) is 5.54. The Bertz CT molecular complexity index is 611. The van der Waals surface area contributed by atoms with Crippen LogP contribution in [-0.2, 0) is 0 Å². The summed E-state index contributed by atoms with van der Waals surface area (Å²) in [5.74, 6) is 0.762. The van der Waals surface area contributed by atoms with Crippen LogP contribution in [-0.4, -0.2) is 9.55 Å². The lowest BCUT2D eigenvalue weighted by atomic mass is 10.3. The fraction of sp³-hybridized carbons (Fsp3) is 0. The molecule has 0 saturated heterocycles. The number of halogens is 1. The number of hydrogen-bond acceptors (Lipinski definition) is 2. The van der Waals surface area contributed by atoms with Gasteiger partial charge >= 0.3 is 0 Å². The predicted octanol–water partition coefficient (Wildman–Crippen LogP) is 3.79. The highest BCUT2D eigenvalue weighted by Crippen LogP contribution is 2.20. The highest BCUT2D eigenvalue weighted by atomic mass is 35.5. The lowest BCUT2D eigenvalue weighted by molar-refractivity contribution is 0.580. The number of benzene rings is 1. The Labute approximate surface area is 103 Å². The summed E-state index contributed by atoms with van der Waals surface area (Å²) in [5, 5.41) is 0.722. The Kier molecular flexibility index (Phi) is 2.46. The average molecular weight is 245 g/mol. The first-order valence-electron chi connectivity index (χ1n) is 5.17. The second kappa shape index (κ2) is 4.11. The van der Waals surface area contributed by atoms with Crippen LogP contribution in [0.3, 0.4) is 0 Å².